The number of ether oxygens (including phenoxy) is 2. The zero-order valence-electron chi connectivity index (χ0n) is 20.9. The Morgan fingerprint density at radius 2 is 1.73 bits per heavy atom. The van der Waals surface area contributed by atoms with Crippen LogP contribution in [0.15, 0.2) is 66.2 Å². The minimum atomic E-state index is -0.910. The van der Waals surface area contributed by atoms with E-state index in [4.69, 9.17) is 14.5 Å². The third-order valence-electron chi connectivity index (χ3n) is 6.55. The highest BCUT2D eigenvalue weighted by Gasteiger charge is 2.48. The first kappa shape index (κ1) is 24.5. The number of amides is 1. The molecule has 1 saturated heterocycles. The van der Waals surface area contributed by atoms with Gasteiger partial charge in [-0.05, 0) is 48.7 Å². The summed E-state index contributed by atoms with van der Waals surface area (Å²) in [5.41, 5.74) is 3.93. The summed E-state index contributed by atoms with van der Waals surface area (Å²) in [6.45, 7) is 4.01. The van der Waals surface area contributed by atoms with Crippen LogP contribution in [0.5, 0.6) is 11.5 Å². The Labute approximate surface area is 218 Å². The number of ketones is 1. The lowest BCUT2D eigenvalue weighted by Gasteiger charge is -2.23. The number of thiazole rings is 1. The van der Waals surface area contributed by atoms with Crippen LogP contribution in [0, 0.1) is 6.92 Å². The van der Waals surface area contributed by atoms with Crippen molar-refractivity contribution < 1.29 is 24.2 Å². The summed E-state index contributed by atoms with van der Waals surface area (Å²) in [5, 5.41) is 11.7. The Hall–Kier alpha value is -4.17. The lowest BCUT2D eigenvalue weighted by Crippen LogP contribution is -2.29. The maximum Gasteiger partial charge on any atom is 0.301 e. The van der Waals surface area contributed by atoms with Gasteiger partial charge in [-0.25, -0.2) is 4.98 Å². The zero-order chi connectivity index (χ0) is 26.3. The molecular weight excluding hydrogens is 488 g/mol. The normalized spacial score (nSPS) is 17.0. The van der Waals surface area contributed by atoms with Crippen LogP contribution in [0.3, 0.4) is 0 Å². The number of benzene rings is 3. The number of nitrogens with zero attached hydrogens (tertiary/aromatic N) is 2. The zero-order valence-corrected chi connectivity index (χ0v) is 21.8. The van der Waals surface area contributed by atoms with E-state index in [2.05, 4.69) is 6.92 Å². The van der Waals surface area contributed by atoms with Gasteiger partial charge in [-0.15, -0.1) is 0 Å². The number of aliphatic hydroxyl groups excluding tert-OH is 1. The van der Waals surface area contributed by atoms with Crippen molar-refractivity contribution in [2.45, 2.75) is 26.3 Å². The number of anilines is 1. The summed E-state index contributed by atoms with van der Waals surface area (Å²) >= 11 is 1.34. The Bertz CT molecular complexity index is 1550. The highest BCUT2D eigenvalue weighted by Crippen LogP contribution is 2.45. The molecule has 0 spiro atoms. The highest BCUT2D eigenvalue weighted by molar-refractivity contribution is 7.22. The molecule has 188 valence electrons. The Kier molecular flexibility index (Phi) is 6.43. The molecule has 1 N–H and O–H groups in total. The van der Waals surface area contributed by atoms with Crippen LogP contribution in [0.4, 0.5) is 5.13 Å². The van der Waals surface area contributed by atoms with Crippen LogP contribution >= 0.6 is 11.3 Å². The highest BCUT2D eigenvalue weighted by atomic mass is 32.1. The molecule has 5 rings (SSSR count). The number of aromatic nitrogens is 1. The van der Waals surface area contributed by atoms with Crippen molar-refractivity contribution in [2.75, 3.05) is 19.1 Å². The molecule has 1 atom stereocenters. The molecule has 8 heteroatoms. The lowest BCUT2D eigenvalue weighted by molar-refractivity contribution is -0.132. The maximum absolute atomic E-state index is 13.5. The third-order valence-corrected chi connectivity index (χ3v) is 7.57. The number of fused-ring (bicyclic) bond motifs is 1. The fourth-order valence-electron chi connectivity index (χ4n) is 4.51. The molecule has 1 aliphatic rings. The predicted octanol–water partition coefficient (Wildman–Crippen LogP) is 5.81. The summed E-state index contributed by atoms with van der Waals surface area (Å²) < 4.78 is 11.8. The quantitative estimate of drug-likeness (QED) is 0.198. The Balaban J connectivity index is 1.73. The summed E-state index contributed by atoms with van der Waals surface area (Å²) in [6.07, 6.45) is 0.871. The van der Waals surface area contributed by atoms with Crippen LogP contribution in [-0.2, 0) is 16.0 Å². The number of rotatable bonds is 6. The largest absolute Gasteiger partial charge is 0.507 e. The summed E-state index contributed by atoms with van der Waals surface area (Å²) in [6, 6.07) is 17.4. The lowest BCUT2D eigenvalue weighted by atomic mass is 9.95. The second-order valence-electron chi connectivity index (χ2n) is 8.80. The van der Waals surface area contributed by atoms with Crippen molar-refractivity contribution >= 4 is 44.1 Å². The summed E-state index contributed by atoms with van der Waals surface area (Å²) in [5.74, 6) is -0.809. The van der Waals surface area contributed by atoms with E-state index < -0.39 is 17.7 Å². The van der Waals surface area contributed by atoms with Gasteiger partial charge in [0.2, 0.25) is 0 Å². The maximum atomic E-state index is 13.5. The molecular formula is C29H26N2O5S. The average molecular weight is 515 g/mol. The minimum Gasteiger partial charge on any atom is -0.507 e. The molecule has 1 aliphatic heterocycles. The monoisotopic (exact) mass is 514 g/mol. The number of carbonyl (C=O) groups is 2. The Morgan fingerprint density at radius 1 is 1.00 bits per heavy atom. The van der Waals surface area contributed by atoms with E-state index in [9.17, 15) is 14.7 Å². The fourth-order valence-corrected chi connectivity index (χ4v) is 5.57. The number of hydrogen-bond donors (Lipinski definition) is 1. The van der Waals surface area contributed by atoms with Crippen LogP contribution in [0.25, 0.3) is 16.0 Å². The molecule has 1 aromatic heterocycles. The number of carbonyl (C=O) groups excluding carboxylic acids is 2. The van der Waals surface area contributed by atoms with Crippen molar-refractivity contribution in [3.05, 3.63) is 88.5 Å². The van der Waals surface area contributed by atoms with Crippen molar-refractivity contribution in [3.8, 4) is 11.5 Å². The molecule has 0 aliphatic carbocycles. The van der Waals surface area contributed by atoms with E-state index >= 15 is 0 Å². The topological polar surface area (TPSA) is 89.0 Å². The Morgan fingerprint density at radius 3 is 2.41 bits per heavy atom. The van der Waals surface area contributed by atoms with E-state index in [0.29, 0.717) is 27.8 Å². The molecule has 0 unspecified atom stereocenters. The third kappa shape index (κ3) is 4.23. The molecule has 1 amide bonds. The van der Waals surface area contributed by atoms with Crippen molar-refractivity contribution in [1.82, 2.24) is 4.98 Å². The number of aliphatic hydroxyl groups is 1. The second-order valence-corrected chi connectivity index (χ2v) is 9.81. The molecule has 3 aromatic carbocycles. The first-order valence-corrected chi connectivity index (χ1v) is 12.7. The number of hydrogen-bond acceptors (Lipinski definition) is 7. The molecule has 2 heterocycles. The van der Waals surface area contributed by atoms with E-state index in [1.807, 2.05) is 37.3 Å². The van der Waals surface area contributed by atoms with E-state index in [-0.39, 0.29) is 11.3 Å². The minimum absolute atomic E-state index is 0.00502. The van der Waals surface area contributed by atoms with Gasteiger partial charge in [0.1, 0.15) is 5.76 Å². The molecule has 1 fully saturated rings. The van der Waals surface area contributed by atoms with Gasteiger partial charge >= 0.3 is 5.91 Å². The molecule has 4 aromatic rings. The second kappa shape index (κ2) is 9.71. The van der Waals surface area contributed by atoms with Crippen molar-refractivity contribution in [1.29, 1.82) is 0 Å². The van der Waals surface area contributed by atoms with E-state index in [1.54, 1.807) is 30.3 Å². The number of Topliss-reactive ketones (excluding diaryl/α,β-unsaturated/α-hetero) is 1. The first-order valence-electron chi connectivity index (χ1n) is 11.9. The molecule has 0 radical (unpaired) electrons. The van der Waals surface area contributed by atoms with Crippen LogP contribution < -0.4 is 14.4 Å². The van der Waals surface area contributed by atoms with Gasteiger partial charge in [-0.2, -0.15) is 0 Å². The molecule has 7 nitrogen and oxygen atoms in total. The number of methoxy groups -OCH3 is 2. The SMILES string of the molecule is CCc1ccc2nc(N3C(=O)C(=O)C(=C(O)c4ccc(C)cc4)[C@H]3c3ccc(OC)c(OC)c3)sc2c1. The molecule has 37 heavy (non-hydrogen) atoms. The first-order chi connectivity index (χ1) is 17.9. The number of aryl methyl sites for hydroxylation is 2. The van der Waals surface area contributed by atoms with Gasteiger partial charge in [0, 0.05) is 5.56 Å². The van der Waals surface area contributed by atoms with Gasteiger partial charge in [0.05, 0.1) is 36.1 Å². The van der Waals surface area contributed by atoms with E-state index in [1.165, 1.54) is 30.5 Å². The van der Waals surface area contributed by atoms with Gasteiger partial charge in [-0.3, -0.25) is 14.5 Å². The predicted molar refractivity (Wildman–Crippen MR) is 145 cm³/mol. The summed E-state index contributed by atoms with van der Waals surface area (Å²) in [7, 11) is 3.05. The van der Waals surface area contributed by atoms with Crippen LogP contribution in [0.2, 0.25) is 0 Å². The standard InChI is InChI=1S/C29H26N2O5S/c1-5-17-8-12-20-23(14-17)37-29(30-20)31-25(19-11-13-21(35-3)22(15-19)36-4)24(27(33)28(31)34)26(32)18-9-6-16(2)7-10-18/h6-15,25,32H,5H2,1-4H3/t25-/m1/s1. The van der Waals surface area contributed by atoms with Gasteiger partial charge in [-0.1, -0.05) is 60.2 Å². The van der Waals surface area contributed by atoms with Crippen molar-refractivity contribution in [3.63, 3.8) is 0 Å². The van der Waals surface area contributed by atoms with Gasteiger partial charge < -0.3 is 14.6 Å². The van der Waals surface area contributed by atoms with Gasteiger partial charge in [0.15, 0.2) is 16.6 Å². The average Bonchev–Trinajstić information content (AvgIpc) is 3.45. The summed E-state index contributed by atoms with van der Waals surface area (Å²) in [4.78, 5) is 33.0. The smallest absolute Gasteiger partial charge is 0.301 e. The van der Waals surface area contributed by atoms with Crippen LogP contribution in [0.1, 0.15) is 35.2 Å². The molecule has 0 bridgehead atoms. The van der Waals surface area contributed by atoms with Crippen molar-refractivity contribution in [2.24, 2.45) is 0 Å². The van der Waals surface area contributed by atoms with Gasteiger partial charge in [0.25, 0.3) is 5.78 Å². The fraction of sp³-hybridized carbons (Fsp3) is 0.207. The van der Waals surface area contributed by atoms with Crippen LogP contribution in [-0.4, -0.2) is 36.0 Å². The van der Waals surface area contributed by atoms with E-state index in [0.717, 1.165) is 27.8 Å². The molecule has 0 saturated carbocycles.